The number of nitrogens with zero attached hydrogens (tertiary/aromatic N) is 3. The highest BCUT2D eigenvalue weighted by Crippen LogP contribution is 2.24. The summed E-state index contributed by atoms with van der Waals surface area (Å²) in [6, 6.07) is 15.1. The van der Waals surface area contributed by atoms with Crippen molar-refractivity contribution in [1.29, 1.82) is 0 Å². The zero-order chi connectivity index (χ0) is 16.4. The van der Waals surface area contributed by atoms with E-state index in [1.807, 2.05) is 30.1 Å². The molecular formula is C18H19F2N3. The molecule has 3 aromatic rings. The lowest BCUT2D eigenvalue weighted by atomic mass is 10.1. The van der Waals surface area contributed by atoms with Crippen molar-refractivity contribution in [3.8, 4) is 0 Å². The number of aromatic nitrogens is 2. The van der Waals surface area contributed by atoms with Crippen molar-refractivity contribution >= 4 is 11.0 Å². The molecule has 0 aliphatic heterocycles. The van der Waals surface area contributed by atoms with E-state index < -0.39 is 6.55 Å². The molecule has 3 rings (SSSR count). The summed E-state index contributed by atoms with van der Waals surface area (Å²) >= 11 is 0. The molecule has 120 valence electrons. The molecule has 0 spiro atoms. The van der Waals surface area contributed by atoms with Crippen LogP contribution in [0.3, 0.4) is 0 Å². The Morgan fingerprint density at radius 1 is 1.04 bits per heavy atom. The third-order valence-electron chi connectivity index (χ3n) is 3.98. The number of para-hydroxylation sites is 2. The van der Waals surface area contributed by atoms with Crippen LogP contribution in [0.5, 0.6) is 0 Å². The van der Waals surface area contributed by atoms with Crippen LogP contribution in [0.25, 0.3) is 11.0 Å². The maximum atomic E-state index is 13.4. The molecule has 0 fully saturated rings. The van der Waals surface area contributed by atoms with Crippen molar-refractivity contribution in [2.45, 2.75) is 26.6 Å². The first kappa shape index (κ1) is 15.6. The van der Waals surface area contributed by atoms with E-state index in [0.29, 0.717) is 29.9 Å². The van der Waals surface area contributed by atoms with E-state index in [1.54, 1.807) is 18.2 Å². The Kier molecular flexibility index (Phi) is 4.39. The third kappa shape index (κ3) is 3.24. The van der Waals surface area contributed by atoms with Gasteiger partial charge in [0.15, 0.2) is 0 Å². The van der Waals surface area contributed by atoms with Gasteiger partial charge in [0.25, 0.3) is 0 Å². The lowest BCUT2D eigenvalue weighted by Crippen LogP contribution is -2.21. The van der Waals surface area contributed by atoms with Gasteiger partial charge in [-0.1, -0.05) is 36.4 Å². The van der Waals surface area contributed by atoms with Gasteiger partial charge in [0.1, 0.15) is 5.82 Å². The maximum absolute atomic E-state index is 13.4. The first-order chi connectivity index (χ1) is 11.1. The summed E-state index contributed by atoms with van der Waals surface area (Å²) in [5, 5.41) is 0. The van der Waals surface area contributed by atoms with Crippen LogP contribution in [-0.4, -0.2) is 21.5 Å². The van der Waals surface area contributed by atoms with E-state index in [-0.39, 0.29) is 0 Å². The van der Waals surface area contributed by atoms with Gasteiger partial charge in [-0.25, -0.2) is 4.98 Å². The molecule has 0 atom stereocenters. The Hall–Kier alpha value is -2.27. The first-order valence-corrected chi connectivity index (χ1v) is 7.53. The Morgan fingerprint density at radius 2 is 1.74 bits per heavy atom. The van der Waals surface area contributed by atoms with Crippen LogP contribution in [0.15, 0.2) is 48.5 Å². The number of fused-ring (bicyclic) bond motifs is 1. The van der Waals surface area contributed by atoms with E-state index in [4.69, 9.17) is 0 Å². The predicted octanol–water partition coefficient (Wildman–Crippen LogP) is 4.37. The number of alkyl halides is 2. The average Bonchev–Trinajstić information content (AvgIpc) is 2.87. The highest BCUT2D eigenvalue weighted by molar-refractivity contribution is 5.75. The Labute approximate surface area is 134 Å². The molecular weight excluding hydrogens is 296 g/mol. The smallest absolute Gasteiger partial charge is 0.295 e. The Morgan fingerprint density at radius 3 is 2.48 bits per heavy atom. The second kappa shape index (κ2) is 6.46. The molecule has 2 aromatic carbocycles. The summed E-state index contributed by atoms with van der Waals surface area (Å²) in [4.78, 5) is 6.38. The van der Waals surface area contributed by atoms with Crippen molar-refractivity contribution in [2.24, 2.45) is 0 Å². The fraction of sp³-hybridized carbons (Fsp3) is 0.278. The zero-order valence-corrected chi connectivity index (χ0v) is 13.2. The molecule has 5 heteroatoms. The van der Waals surface area contributed by atoms with Crippen LogP contribution in [-0.2, 0) is 13.1 Å². The third-order valence-corrected chi connectivity index (χ3v) is 3.98. The quantitative estimate of drug-likeness (QED) is 0.697. The van der Waals surface area contributed by atoms with E-state index in [1.165, 1.54) is 11.1 Å². The normalized spacial score (nSPS) is 11.7. The second-order valence-electron chi connectivity index (χ2n) is 5.76. The molecule has 0 saturated carbocycles. The van der Waals surface area contributed by atoms with Gasteiger partial charge in [-0.15, -0.1) is 0 Å². The van der Waals surface area contributed by atoms with Gasteiger partial charge < -0.3 is 0 Å². The highest BCUT2D eigenvalue weighted by Gasteiger charge is 2.18. The minimum atomic E-state index is -2.59. The maximum Gasteiger partial charge on any atom is 0.320 e. The number of aryl methyl sites for hydroxylation is 1. The largest absolute Gasteiger partial charge is 0.320 e. The molecule has 0 saturated heterocycles. The summed E-state index contributed by atoms with van der Waals surface area (Å²) < 4.78 is 27.9. The molecule has 0 unspecified atom stereocenters. The number of benzene rings is 2. The molecule has 0 amide bonds. The van der Waals surface area contributed by atoms with E-state index in [0.717, 1.165) is 4.57 Å². The molecule has 0 N–H and O–H groups in total. The molecule has 3 nitrogen and oxygen atoms in total. The first-order valence-electron chi connectivity index (χ1n) is 7.53. The minimum absolute atomic E-state index is 0.368. The van der Waals surface area contributed by atoms with Crippen LogP contribution in [0.4, 0.5) is 8.78 Å². The van der Waals surface area contributed by atoms with Crippen molar-refractivity contribution in [1.82, 2.24) is 14.5 Å². The number of rotatable bonds is 5. The zero-order valence-electron chi connectivity index (χ0n) is 13.2. The fourth-order valence-electron chi connectivity index (χ4n) is 2.80. The van der Waals surface area contributed by atoms with Crippen LogP contribution in [0.1, 0.15) is 23.5 Å². The Bertz CT molecular complexity index is 811. The van der Waals surface area contributed by atoms with Crippen LogP contribution < -0.4 is 0 Å². The van der Waals surface area contributed by atoms with Gasteiger partial charge in [0.2, 0.25) is 0 Å². The van der Waals surface area contributed by atoms with E-state index >= 15 is 0 Å². The molecule has 0 bridgehead atoms. The summed E-state index contributed by atoms with van der Waals surface area (Å²) in [5.74, 6) is 0.386. The molecule has 0 aliphatic rings. The van der Waals surface area contributed by atoms with Crippen LogP contribution >= 0.6 is 0 Å². The van der Waals surface area contributed by atoms with Gasteiger partial charge >= 0.3 is 6.55 Å². The van der Waals surface area contributed by atoms with Crippen molar-refractivity contribution in [2.75, 3.05) is 7.05 Å². The predicted molar refractivity (Wildman–Crippen MR) is 87.3 cm³/mol. The van der Waals surface area contributed by atoms with Crippen molar-refractivity contribution in [3.63, 3.8) is 0 Å². The van der Waals surface area contributed by atoms with Gasteiger partial charge in [-0.2, -0.15) is 8.78 Å². The SMILES string of the molecule is Cc1ccccc1CN(C)Cc1nc2ccccc2n1C(F)F. The summed E-state index contributed by atoms with van der Waals surface area (Å²) in [6.45, 7) is 0.522. The highest BCUT2D eigenvalue weighted by atomic mass is 19.3. The van der Waals surface area contributed by atoms with Crippen molar-refractivity contribution < 1.29 is 8.78 Å². The van der Waals surface area contributed by atoms with Gasteiger partial charge in [0.05, 0.1) is 17.6 Å². The van der Waals surface area contributed by atoms with Gasteiger partial charge in [0, 0.05) is 6.54 Å². The van der Waals surface area contributed by atoms with Gasteiger partial charge in [-0.05, 0) is 37.2 Å². The molecule has 0 radical (unpaired) electrons. The van der Waals surface area contributed by atoms with Gasteiger partial charge in [-0.3, -0.25) is 9.47 Å². The lowest BCUT2D eigenvalue weighted by Gasteiger charge is -2.18. The van der Waals surface area contributed by atoms with Crippen molar-refractivity contribution in [3.05, 3.63) is 65.5 Å². The molecule has 23 heavy (non-hydrogen) atoms. The standard InChI is InChI=1S/C18H19F2N3/c1-13-7-3-4-8-14(13)11-22(2)12-17-21-15-9-5-6-10-16(15)23(17)18(19)20/h3-10,18H,11-12H2,1-2H3. The molecule has 0 aliphatic carbocycles. The van der Waals surface area contributed by atoms with E-state index in [9.17, 15) is 8.78 Å². The second-order valence-corrected chi connectivity index (χ2v) is 5.76. The van der Waals surface area contributed by atoms with Crippen LogP contribution in [0, 0.1) is 6.92 Å². The van der Waals surface area contributed by atoms with E-state index in [2.05, 4.69) is 24.0 Å². The number of imidazole rings is 1. The Balaban J connectivity index is 1.86. The molecule has 1 aromatic heterocycles. The topological polar surface area (TPSA) is 21.1 Å². The summed E-state index contributed by atoms with van der Waals surface area (Å²) in [7, 11) is 1.92. The number of hydrogen-bond donors (Lipinski definition) is 0. The summed E-state index contributed by atoms with van der Waals surface area (Å²) in [6.07, 6.45) is 0. The average molecular weight is 315 g/mol. The fourth-order valence-corrected chi connectivity index (χ4v) is 2.80. The number of hydrogen-bond acceptors (Lipinski definition) is 2. The van der Waals surface area contributed by atoms with Crippen LogP contribution in [0.2, 0.25) is 0 Å². The molecule has 1 heterocycles. The monoisotopic (exact) mass is 315 g/mol. The number of halogens is 2. The minimum Gasteiger partial charge on any atom is -0.295 e. The lowest BCUT2D eigenvalue weighted by molar-refractivity contribution is 0.0689. The summed E-state index contributed by atoms with van der Waals surface area (Å²) in [5.41, 5.74) is 3.46.